The number of nitrogens with zero attached hydrogens (tertiary/aromatic N) is 1. The molecular formula is C16H24ClN3O2. The minimum absolute atomic E-state index is 0.0596. The fourth-order valence-corrected chi connectivity index (χ4v) is 3.07. The summed E-state index contributed by atoms with van der Waals surface area (Å²) in [5.41, 5.74) is 6.54. The van der Waals surface area contributed by atoms with Crippen LogP contribution in [0.4, 0.5) is 5.69 Å². The number of likely N-dealkylation sites (tertiary alicyclic amines) is 1. The molecule has 0 bridgehead atoms. The molecule has 0 radical (unpaired) electrons. The lowest BCUT2D eigenvalue weighted by Gasteiger charge is -2.38. The maximum absolute atomic E-state index is 12.5. The van der Waals surface area contributed by atoms with Crippen LogP contribution in [0.2, 0.25) is 5.02 Å². The molecule has 0 spiro atoms. The normalized spacial score (nSPS) is 21.5. The van der Waals surface area contributed by atoms with E-state index < -0.39 is 0 Å². The van der Waals surface area contributed by atoms with Crippen molar-refractivity contribution in [2.75, 3.05) is 32.1 Å². The number of carbonyl (C=O) groups is 1. The van der Waals surface area contributed by atoms with Crippen LogP contribution in [0.1, 0.15) is 19.8 Å². The minimum atomic E-state index is 0.0596. The molecule has 0 saturated carbocycles. The van der Waals surface area contributed by atoms with Gasteiger partial charge in [-0.2, -0.15) is 0 Å². The minimum Gasteiger partial charge on any atom is -0.495 e. The molecule has 1 aliphatic heterocycles. The molecule has 0 aliphatic carbocycles. The summed E-state index contributed by atoms with van der Waals surface area (Å²) in [7, 11) is 1.59. The highest BCUT2D eigenvalue weighted by atomic mass is 35.5. The Balaban J connectivity index is 1.99. The van der Waals surface area contributed by atoms with Crippen LogP contribution in [0.3, 0.4) is 0 Å². The molecular weight excluding hydrogens is 302 g/mol. The Labute approximate surface area is 136 Å². The molecule has 1 amide bonds. The Hall–Kier alpha value is -1.46. The van der Waals surface area contributed by atoms with E-state index in [1.54, 1.807) is 25.3 Å². The van der Waals surface area contributed by atoms with Gasteiger partial charge in [-0.05, 0) is 37.0 Å². The van der Waals surface area contributed by atoms with Gasteiger partial charge < -0.3 is 20.7 Å². The molecule has 1 heterocycles. The number of nitrogens with one attached hydrogen (secondary N) is 1. The quantitative estimate of drug-likeness (QED) is 0.872. The number of rotatable bonds is 5. The average molecular weight is 326 g/mol. The summed E-state index contributed by atoms with van der Waals surface area (Å²) in [6.45, 7) is 3.70. The molecule has 6 heteroatoms. The second kappa shape index (κ2) is 7.70. The molecule has 1 aromatic rings. The summed E-state index contributed by atoms with van der Waals surface area (Å²) >= 11 is 5.99. The number of nitrogens with two attached hydrogens (primary N) is 1. The highest BCUT2D eigenvalue weighted by Crippen LogP contribution is 2.28. The third-order valence-corrected chi connectivity index (χ3v) is 4.40. The molecule has 1 fully saturated rings. The summed E-state index contributed by atoms with van der Waals surface area (Å²) in [5.74, 6) is 1.35. The fraction of sp³-hybridized carbons (Fsp3) is 0.562. The number of piperidine rings is 1. The molecule has 22 heavy (non-hydrogen) atoms. The van der Waals surface area contributed by atoms with Crippen LogP contribution in [0.25, 0.3) is 0 Å². The van der Waals surface area contributed by atoms with E-state index >= 15 is 0 Å². The summed E-state index contributed by atoms with van der Waals surface area (Å²) < 4.78 is 5.27. The Bertz CT molecular complexity index is 524. The van der Waals surface area contributed by atoms with Gasteiger partial charge in [0.2, 0.25) is 5.91 Å². The summed E-state index contributed by atoms with van der Waals surface area (Å²) in [6.07, 6.45) is 2.01. The Morgan fingerprint density at radius 2 is 2.32 bits per heavy atom. The maximum atomic E-state index is 12.5. The van der Waals surface area contributed by atoms with E-state index in [-0.39, 0.29) is 18.5 Å². The van der Waals surface area contributed by atoms with Crippen molar-refractivity contribution in [1.82, 2.24) is 4.90 Å². The first-order chi connectivity index (χ1) is 10.5. The number of amides is 1. The number of carbonyl (C=O) groups excluding carboxylic acids is 1. The maximum Gasteiger partial charge on any atom is 0.242 e. The largest absolute Gasteiger partial charge is 0.495 e. The summed E-state index contributed by atoms with van der Waals surface area (Å²) in [5, 5.41) is 3.72. The predicted octanol–water partition coefficient (Wildman–Crippen LogP) is 2.35. The second-order valence-electron chi connectivity index (χ2n) is 5.80. The molecule has 3 N–H and O–H groups in total. The molecule has 2 atom stereocenters. The van der Waals surface area contributed by atoms with E-state index in [9.17, 15) is 4.79 Å². The zero-order chi connectivity index (χ0) is 16.1. The van der Waals surface area contributed by atoms with Crippen molar-refractivity contribution in [2.24, 2.45) is 11.7 Å². The van der Waals surface area contributed by atoms with Crippen LogP contribution in [-0.2, 0) is 4.79 Å². The van der Waals surface area contributed by atoms with Crippen LogP contribution in [0.15, 0.2) is 18.2 Å². The SMILES string of the molecule is COc1ccc(Cl)cc1NCC(=O)N1CCC(C)CC1CN. The lowest BCUT2D eigenvalue weighted by atomic mass is 9.92. The van der Waals surface area contributed by atoms with Gasteiger partial charge in [0, 0.05) is 24.2 Å². The predicted molar refractivity (Wildman–Crippen MR) is 89.4 cm³/mol. The highest BCUT2D eigenvalue weighted by molar-refractivity contribution is 6.30. The van der Waals surface area contributed by atoms with Crippen LogP contribution >= 0.6 is 11.6 Å². The lowest BCUT2D eigenvalue weighted by molar-refractivity contribution is -0.133. The van der Waals surface area contributed by atoms with Crippen LogP contribution in [0, 0.1) is 5.92 Å². The number of hydrogen-bond acceptors (Lipinski definition) is 4. The summed E-state index contributed by atoms with van der Waals surface area (Å²) in [6, 6.07) is 5.43. The van der Waals surface area contributed by atoms with E-state index in [1.165, 1.54) is 0 Å². The number of ether oxygens (including phenoxy) is 1. The van der Waals surface area contributed by atoms with Gasteiger partial charge in [-0.25, -0.2) is 0 Å². The van der Waals surface area contributed by atoms with Crippen LogP contribution in [0.5, 0.6) is 5.75 Å². The second-order valence-corrected chi connectivity index (χ2v) is 6.24. The van der Waals surface area contributed by atoms with Gasteiger partial charge in [-0.15, -0.1) is 0 Å². The summed E-state index contributed by atoms with van der Waals surface area (Å²) in [4.78, 5) is 14.4. The number of anilines is 1. The van der Waals surface area contributed by atoms with Crippen molar-refractivity contribution in [3.63, 3.8) is 0 Å². The van der Waals surface area contributed by atoms with Gasteiger partial charge in [0.15, 0.2) is 0 Å². The topological polar surface area (TPSA) is 67.6 Å². The zero-order valence-corrected chi connectivity index (χ0v) is 13.9. The first-order valence-corrected chi connectivity index (χ1v) is 8.00. The van der Waals surface area contributed by atoms with E-state index in [2.05, 4.69) is 12.2 Å². The van der Waals surface area contributed by atoms with E-state index in [0.717, 1.165) is 25.1 Å². The zero-order valence-electron chi connectivity index (χ0n) is 13.1. The molecule has 1 saturated heterocycles. The molecule has 1 aliphatic rings. The third-order valence-electron chi connectivity index (χ3n) is 4.16. The number of hydrogen-bond donors (Lipinski definition) is 2. The van der Waals surface area contributed by atoms with Gasteiger partial charge in [0.05, 0.1) is 19.3 Å². The third kappa shape index (κ3) is 4.05. The average Bonchev–Trinajstić information content (AvgIpc) is 2.52. The molecule has 5 nitrogen and oxygen atoms in total. The van der Waals surface area contributed by atoms with Gasteiger partial charge in [0.25, 0.3) is 0 Å². The number of methoxy groups -OCH3 is 1. The molecule has 2 rings (SSSR count). The van der Waals surface area contributed by atoms with E-state index in [4.69, 9.17) is 22.1 Å². The first kappa shape index (κ1) is 16.9. The van der Waals surface area contributed by atoms with Crippen molar-refractivity contribution in [3.05, 3.63) is 23.2 Å². The van der Waals surface area contributed by atoms with Crippen molar-refractivity contribution in [2.45, 2.75) is 25.8 Å². The van der Waals surface area contributed by atoms with Crippen molar-refractivity contribution < 1.29 is 9.53 Å². The lowest BCUT2D eigenvalue weighted by Crippen LogP contribution is -2.50. The van der Waals surface area contributed by atoms with Crippen molar-refractivity contribution in [3.8, 4) is 5.75 Å². The van der Waals surface area contributed by atoms with E-state index in [1.807, 2.05) is 4.90 Å². The Morgan fingerprint density at radius 3 is 3.00 bits per heavy atom. The standard InChI is InChI=1S/C16H24ClN3O2/c1-11-5-6-20(13(7-11)9-18)16(21)10-19-14-8-12(17)3-4-15(14)22-2/h3-4,8,11,13,19H,5-7,9-10,18H2,1-2H3. The van der Waals surface area contributed by atoms with Crippen LogP contribution in [-0.4, -0.2) is 43.6 Å². The van der Waals surface area contributed by atoms with Gasteiger partial charge in [-0.1, -0.05) is 18.5 Å². The van der Waals surface area contributed by atoms with Crippen molar-refractivity contribution in [1.29, 1.82) is 0 Å². The molecule has 122 valence electrons. The monoisotopic (exact) mass is 325 g/mol. The number of benzene rings is 1. The Morgan fingerprint density at radius 1 is 1.55 bits per heavy atom. The van der Waals surface area contributed by atoms with Gasteiger partial charge in [0.1, 0.15) is 5.75 Å². The molecule has 2 unspecified atom stereocenters. The smallest absolute Gasteiger partial charge is 0.242 e. The molecule has 1 aromatic carbocycles. The number of halogens is 1. The van der Waals surface area contributed by atoms with Crippen LogP contribution < -0.4 is 15.8 Å². The first-order valence-electron chi connectivity index (χ1n) is 7.62. The van der Waals surface area contributed by atoms with E-state index in [0.29, 0.717) is 23.2 Å². The molecule has 0 aromatic heterocycles. The van der Waals surface area contributed by atoms with Crippen molar-refractivity contribution >= 4 is 23.2 Å². The van der Waals surface area contributed by atoms with Gasteiger partial charge >= 0.3 is 0 Å². The fourth-order valence-electron chi connectivity index (χ4n) is 2.89. The Kier molecular flexibility index (Phi) is 5.91. The van der Waals surface area contributed by atoms with Gasteiger partial charge in [-0.3, -0.25) is 4.79 Å². The highest BCUT2D eigenvalue weighted by Gasteiger charge is 2.28.